The van der Waals surface area contributed by atoms with E-state index in [0.29, 0.717) is 0 Å². The molecular weight excluding hydrogens is 138 g/mol. The smallest absolute Gasteiger partial charge is 0.0587 e. The van der Waals surface area contributed by atoms with Crippen molar-refractivity contribution in [3.05, 3.63) is 30.6 Å². The minimum Gasteiger partial charge on any atom is -0.316 e. The summed E-state index contributed by atoms with van der Waals surface area (Å²) < 4.78 is 1.86. The predicted molar refractivity (Wildman–Crippen MR) is 45.2 cm³/mol. The minimum absolute atomic E-state index is 0.781. The van der Waals surface area contributed by atoms with E-state index in [0.717, 1.165) is 13.1 Å². The van der Waals surface area contributed by atoms with Gasteiger partial charge in [-0.05, 0) is 7.05 Å². The molecule has 1 aromatic rings. The molecule has 60 valence electrons. The fourth-order valence-corrected chi connectivity index (χ4v) is 0.934. The number of rotatable bonds is 4. The average Bonchev–Trinajstić information content (AvgIpc) is 2.38. The summed E-state index contributed by atoms with van der Waals surface area (Å²) >= 11 is 0. The number of nitrogens with one attached hydrogen (secondary N) is 1. The van der Waals surface area contributed by atoms with Gasteiger partial charge in [0, 0.05) is 18.3 Å². The Labute approximate surface area is 66.7 Å². The van der Waals surface area contributed by atoms with Crippen LogP contribution in [0.15, 0.2) is 25.0 Å². The van der Waals surface area contributed by atoms with Gasteiger partial charge in [0.05, 0.1) is 12.7 Å². The second-order valence-electron chi connectivity index (χ2n) is 2.39. The third-order valence-corrected chi connectivity index (χ3v) is 1.38. The molecule has 0 amide bonds. The molecule has 0 atom stereocenters. The lowest BCUT2D eigenvalue weighted by Gasteiger charge is -1.93. The highest BCUT2D eigenvalue weighted by molar-refractivity contribution is 5.03. The molecule has 0 aliphatic rings. The van der Waals surface area contributed by atoms with E-state index >= 15 is 0 Å². The van der Waals surface area contributed by atoms with Crippen molar-refractivity contribution in [1.82, 2.24) is 15.1 Å². The standard InChI is InChI=1S/C8H13N3/c1-3-4-11-7-8(5-9-2)6-10-11/h3,6-7,9H,1,4-5H2,2H3. The lowest BCUT2D eigenvalue weighted by Crippen LogP contribution is -2.03. The van der Waals surface area contributed by atoms with Gasteiger partial charge in [-0.15, -0.1) is 6.58 Å². The van der Waals surface area contributed by atoms with Gasteiger partial charge < -0.3 is 5.32 Å². The highest BCUT2D eigenvalue weighted by Gasteiger charge is 1.93. The summed E-state index contributed by atoms with van der Waals surface area (Å²) in [6.07, 6.45) is 5.70. The Hall–Kier alpha value is -1.09. The van der Waals surface area contributed by atoms with Crippen molar-refractivity contribution >= 4 is 0 Å². The third-order valence-electron chi connectivity index (χ3n) is 1.38. The summed E-state index contributed by atoms with van der Waals surface area (Å²) in [5.41, 5.74) is 1.20. The fourth-order valence-electron chi connectivity index (χ4n) is 0.934. The van der Waals surface area contributed by atoms with Crippen LogP contribution in [-0.2, 0) is 13.1 Å². The van der Waals surface area contributed by atoms with Crippen molar-refractivity contribution < 1.29 is 0 Å². The molecule has 0 unspecified atom stereocenters. The first-order valence-corrected chi connectivity index (χ1v) is 3.63. The molecule has 3 heteroatoms. The molecule has 0 radical (unpaired) electrons. The van der Waals surface area contributed by atoms with Crippen molar-refractivity contribution in [2.24, 2.45) is 0 Å². The van der Waals surface area contributed by atoms with Crippen molar-refractivity contribution in [3.8, 4) is 0 Å². The maximum atomic E-state index is 4.13. The average molecular weight is 151 g/mol. The Morgan fingerprint density at radius 3 is 3.27 bits per heavy atom. The summed E-state index contributed by atoms with van der Waals surface area (Å²) in [6, 6.07) is 0. The van der Waals surface area contributed by atoms with Crippen LogP contribution in [0, 0.1) is 0 Å². The van der Waals surface area contributed by atoms with Gasteiger partial charge in [-0.3, -0.25) is 4.68 Å². The van der Waals surface area contributed by atoms with Crippen LogP contribution < -0.4 is 5.32 Å². The monoisotopic (exact) mass is 151 g/mol. The Morgan fingerprint density at radius 2 is 2.64 bits per heavy atom. The summed E-state index contributed by atoms with van der Waals surface area (Å²) in [7, 11) is 1.92. The van der Waals surface area contributed by atoms with Gasteiger partial charge in [0.2, 0.25) is 0 Å². The van der Waals surface area contributed by atoms with Gasteiger partial charge in [-0.1, -0.05) is 6.08 Å². The maximum absolute atomic E-state index is 4.13. The Bertz CT molecular complexity index is 227. The quantitative estimate of drug-likeness (QED) is 0.645. The molecule has 0 aliphatic carbocycles. The molecule has 0 spiro atoms. The Balaban J connectivity index is 2.57. The van der Waals surface area contributed by atoms with E-state index in [1.165, 1.54) is 5.56 Å². The van der Waals surface area contributed by atoms with Crippen molar-refractivity contribution in [2.75, 3.05) is 7.05 Å². The Kier molecular flexibility index (Phi) is 2.86. The molecule has 0 saturated heterocycles. The van der Waals surface area contributed by atoms with Gasteiger partial charge in [-0.2, -0.15) is 5.10 Å². The highest BCUT2D eigenvalue weighted by Crippen LogP contribution is 1.96. The number of hydrogen-bond acceptors (Lipinski definition) is 2. The molecule has 1 heterocycles. The van der Waals surface area contributed by atoms with Crippen LogP contribution in [0.1, 0.15) is 5.56 Å². The van der Waals surface area contributed by atoms with Crippen LogP contribution >= 0.6 is 0 Å². The molecule has 0 saturated carbocycles. The number of nitrogens with zero attached hydrogens (tertiary/aromatic N) is 2. The van der Waals surface area contributed by atoms with E-state index in [-0.39, 0.29) is 0 Å². The first-order valence-electron chi connectivity index (χ1n) is 3.63. The maximum Gasteiger partial charge on any atom is 0.0587 e. The summed E-state index contributed by atoms with van der Waals surface area (Å²) in [4.78, 5) is 0. The van der Waals surface area contributed by atoms with E-state index in [9.17, 15) is 0 Å². The zero-order valence-corrected chi connectivity index (χ0v) is 6.75. The van der Waals surface area contributed by atoms with Crippen LogP contribution in [0.2, 0.25) is 0 Å². The Morgan fingerprint density at radius 1 is 1.82 bits per heavy atom. The molecule has 0 aliphatic heterocycles. The number of allylic oxidation sites excluding steroid dienone is 1. The van der Waals surface area contributed by atoms with Crippen LogP contribution in [-0.4, -0.2) is 16.8 Å². The molecule has 11 heavy (non-hydrogen) atoms. The van der Waals surface area contributed by atoms with Crippen molar-refractivity contribution in [1.29, 1.82) is 0 Å². The summed E-state index contributed by atoms with van der Waals surface area (Å²) in [5, 5.41) is 7.19. The normalized spacial score (nSPS) is 9.91. The second-order valence-corrected chi connectivity index (χ2v) is 2.39. The first kappa shape index (κ1) is 8.01. The molecule has 0 aromatic carbocycles. The predicted octanol–water partition coefficient (Wildman–Crippen LogP) is 0.788. The SMILES string of the molecule is C=CCn1cc(CNC)cn1. The van der Waals surface area contributed by atoms with Crippen molar-refractivity contribution in [3.63, 3.8) is 0 Å². The lowest BCUT2D eigenvalue weighted by atomic mass is 10.4. The van der Waals surface area contributed by atoms with Gasteiger partial charge in [0.1, 0.15) is 0 Å². The number of hydrogen-bond donors (Lipinski definition) is 1. The minimum atomic E-state index is 0.781. The zero-order valence-electron chi connectivity index (χ0n) is 6.75. The molecule has 1 N–H and O–H groups in total. The van der Waals surface area contributed by atoms with E-state index < -0.39 is 0 Å². The summed E-state index contributed by atoms with van der Waals surface area (Å²) in [5.74, 6) is 0. The topological polar surface area (TPSA) is 29.9 Å². The summed E-state index contributed by atoms with van der Waals surface area (Å²) in [6.45, 7) is 5.29. The van der Waals surface area contributed by atoms with Gasteiger partial charge in [-0.25, -0.2) is 0 Å². The molecule has 1 rings (SSSR count). The molecular formula is C8H13N3. The van der Waals surface area contributed by atoms with Crippen LogP contribution in [0.3, 0.4) is 0 Å². The van der Waals surface area contributed by atoms with E-state index in [1.54, 1.807) is 0 Å². The van der Waals surface area contributed by atoms with Gasteiger partial charge in [0.25, 0.3) is 0 Å². The van der Waals surface area contributed by atoms with Crippen LogP contribution in [0.25, 0.3) is 0 Å². The molecule has 1 aromatic heterocycles. The first-order chi connectivity index (χ1) is 5.36. The van der Waals surface area contributed by atoms with Crippen LogP contribution in [0.4, 0.5) is 0 Å². The fraction of sp³-hybridized carbons (Fsp3) is 0.375. The molecule has 3 nitrogen and oxygen atoms in total. The third kappa shape index (κ3) is 2.20. The molecule has 0 bridgehead atoms. The molecule has 0 fully saturated rings. The second kappa shape index (κ2) is 3.93. The van der Waals surface area contributed by atoms with E-state index in [1.807, 2.05) is 30.2 Å². The largest absolute Gasteiger partial charge is 0.316 e. The van der Waals surface area contributed by atoms with Crippen LogP contribution in [0.5, 0.6) is 0 Å². The lowest BCUT2D eigenvalue weighted by molar-refractivity contribution is 0.701. The number of aromatic nitrogens is 2. The van der Waals surface area contributed by atoms with E-state index in [2.05, 4.69) is 17.0 Å². The van der Waals surface area contributed by atoms with Crippen molar-refractivity contribution in [2.45, 2.75) is 13.1 Å². The van der Waals surface area contributed by atoms with Gasteiger partial charge >= 0.3 is 0 Å². The van der Waals surface area contributed by atoms with Gasteiger partial charge in [0.15, 0.2) is 0 Å². The highest BCUT2D eigenvalue weighted by atomic mass is 15.3. The zero-order chi connectivity index (χ0) is 8.10. The van der Waals surface area contributed by atoms with E-state index in [4.69, 9.17) is 0 Å².